The highest BCUT2D eigenvalue weighted by atomic mass is 16.5. The van der Waals surface area contributed by atoms with Crippen LogP contribution in [0.15, 0.2) is 0 Å². The molecule has 1 rings (SSSR count). The summed E-state index contributed by atoms with van der Waals surface area (Å²) in [5.74, 6) is -1.22. The van der Waals surface area contributed by atoms with Crippen molar-refractivity contribution in [3.05, 3.63) is 0 Å². The number of hydrogen-bond donors (Lipinski definition) is 1. The maximum absolute atomic E-state index is 12.2. The SMILES string of the molecule is CCN(C(=O)C1CCC(C)O1)C(C)(C)C(=O)O. The van der Waals surface area contributed by atoms with Crippen LogP contribution in [-0.4, -0.2) is 46.2 Å². The third-order valence-electron chi connectivity index (χ3n) is 3.29. The summed E-state index contributed by atoms with van der Waals surface area (Å²) in [7, 11) is 0. The number of carbonyl (C=O) groups is 2. The van der Waals surface area contributed by atoms with Crippen molar-refractivity contribution in [2.24, 2.45) is 0 Å². The molecule has 0 bridgehead atoms. The van der Waals surface area contributed by atoms with Gasteiger partial charge in [-0.1, -0.05) is 0 Å². The molecule has 0 spiro atoms. The molecule has 0 aliphatic carbocycles. The summed E-state index contributed by atoms with van der Waals surface area (Å²) < 4.78 is 5.50. The van der Waals surface area contributed by atoms with Crippen LogP contribution in [-0.2, 0) is 14.3 Å². The average molecular weight is 243 g/mol. The van der Waals surface area contributed by atoms with E-state index in [9.17, 15) is 9.59 Å². The van der Waals surface area contributed by atoms with Crippen molar-refractivity contribution in [1.82, 2.24) is 4.90 Å². The standard InChI is InChI=1S/C12H21NO4/c1-5-13(12(3,4)11(15)16)10(14)9-7-6-8(2)17-9/h8-9H,5-7H2,1-4H3,(H,15,16). The van der Waals surface area contributed by atoms with Crippen LogP contribution in [0.25, 0.3) is 0 Å². The molecule has 0 aromatic rings. The molecule has 1 amide bonds. The fourth-order valence-electron chi connectivity index (χ4n) is 2.10. The van der Waals surface area contributed by atoms with Gasteiger partial charge in [0.05, 0.1) is 6.10 Å². The third kappa shape index (κ3) is 2.77. The molecule has 1 saturated heterocycles. The van der Waals surface area contributed by atoms with Crippen molar-refractivity contribution >= 4 is 11.9 Å². The van der Waals surface area contributed by atoms with Crippen LogP contribution < -0.4 is 0 Å². The van der Waals surface area contributed by atoms with Gasteiger partial charge in [0.25, 0.3) is 5.91 Å². The first kappa shape index (κ1) is 14.0. The minimum atomic E-state index is -1.19. The quantitative estimate of drug-likeness (QED) is 0.807. The predicted octanol–water partition coefficient (Wildman–Crippen LogP) is 1.27. The number of aliphatic carboxylic acids is 1. The number of carboxylic acids is 1. The molecular weight excluding hydrogens is 222 g/mol. The van der Waals surface area contributed by atoms with E-state index in [-0.39, 0.29) is 12.0 Å². The molecule has 1 aliphatic heterocycles. The largest absolute Gasteiger partial charge is 0.480 e. The molecule has 2 unspecified atom stereocenters. The summed E-state index contributed by atoms with van der Waals surface area (Å²) >= 11 is 0. The number of rotatable bonds is 4. The van der Waals surface area contributed by atoms with Gasteiger partial charge in [0.15, 0.2) is 0 Å². The minimum absolute atomic E-state index is 0.0793. The normalized spacial score (nSPS) is 24.7. The zero-order valence-corrected chi connectivity index (χ0v) is 10.9. The Morgan fingerprint density at radius 2 is 2.00 bits per heavy atom. The lowest BCUT2D eigenvalue weighted by atomic mass is 10.0. The van der Waals surface area contributed by atoms with E-state index in [0.717, 1.165) is 6.42 Å². The van der Waals surface area contributed by atoms with Crippen molar-refractivity contribution in [2.45, 2.75) is 58.3 Å². The molecule has 1 N–H and O–H groups in total. The Labute approximate surface area is 102 Å². The van der Waals surface area contributed by atoms with Gasteiger partial charge >= 0.3 is 5.97 Å². The molecule has 1 heterocycles. The number of nitrogens with zero attached hydrogens (tertiary/aromatic N) is 1. The number of ether oxygens (including phenoxy) is 1. The van der Waals surface area contributed by atoms with Crippen LogP contribution in [0, 0.1) is 0 Å². The van der Waals surface area contributed by atoms with E-state index >= 15 is 0 Å². The van der Waals surface area contributed by atoms with Crippen LogP contribution in [0.1, 0.15) is 40.5 Å². The first-order valence-electron chi connectivity index (χ1n) is 6.01. The second-order valence-electron chi connectivity index (χ2n) is 4.96. The molecule has 1 aliphatic rings. The van der Waals surface area contributed by atoms with Crippen molar-refractivity contribution in [2.75, 3.05) is 6.54 Å². The van der Waals surface area contributed by atoms with Crippen LogP contribution in [0.4, 0.5) is 0 Å². The number of amides is 1. The zero-order valence-electron chi connectivity index (χ0n) is 10.9. The Balaban J connectivity index is 2.81. The summed E-state index contributed by atoms with van der Waals surface area (Å²) in [4.78, 5) is 24.8. The lowest BCUT2D eigenvalue weighted by Crippen LogP contribution is -2.55. The molecule has 5 heteroatoms. The molecule has 0 aromatic carbocycles. The fourth-order valence-corrected chi connectivity index (χ4v) is 2.10. The van der Waals surface area contributed by atoms with E-state index in [2.05, 4.69) is 0 Å². The van der Waals surface area contributed by atoms with E-state index in [4.69, 9.17) is 9.84 Å². The molecule has 0 aromatic heterocycles. The van der Waals surface area contributed by atoms with Gasteiger partial charge in [-0.15, -0.1) is 0 Å². The van der Waals surface area contributed by atoms with Gasteiger partial charge in [0.2, 0.25) is 0 Å². The van der Waals surface area contributed by atoms with Gasteiger partial charge < -0.3 is 14.7 Å². The highest BCUT2D eigenvalue weighted by molar-refractivity contribution is 5.88. The molecule has 2 atom stereocenters. The van der Waals surface area contributed by atoms with Gasteiger partial charge in [-0.05, 0) is 40.5 Å². The van der Waals surface area contributed by atoms with Crippen molar-refractivity contribution in [3.8, 4) is 0 Å². The van der Waals surface area contributed by atoms with E-state index in [1.54, 1.807) is 6.92 Å². The maximum atomic E-state index is 12.2. The van der Waals surface area contributed by atoms with Crippen molar-refractivity contribution in [3.63, 3.8) is 0 Å². The van der Waals surface area contributed by atoms with Crippen molar-refractivity contribution < 1.29 is 19.4 Å². The van der Waals surface area contributed by atoms with Crippen LogP contribution in [0.3, 0.4) is 0 Å². The highest BCUT2D eigenvalue weighted by Gasteiger charge is 2.41. The molecule has 0 saturated carbocycles. The molecule has 0 radical (unpaired) electrons. The zero-order chi connectivity index (χ0) is 13.2. The van der Waals surface area contributed by atoms with Crippen LogP contribution in [0.2, 0.25) is 0 Å². The Morgan fingerprint density at radius 3 is 2.35 bits per heavy atom. The second-order valence-corrected chi connectivity index (χ2v) is 4.96. The van der Waals surface area contributed by atoms with E-state index in [0.29, 0.717) is 13.0 Å². The second kappa shape index (κ2) is 5.04. The highest BCUT2D eigenvalue weighted by Crippen LogP contribution is 2.24. The Kier molecular flexibility index (Phi) is 4.14. The summed E-state index contributed by atoms with van der Waals surface area (Å²) in [6, 6.07) is 0. The topological polar surface area (TPSA) is 66.8 Å². The first-order valence-corrected chi connectivity index (χ1v) is 6.01. The number of carbonyl (C=O) groups excluding carboxylic acids is 1. The minimum Gasteiger partial charge on any atom is -0.480 e. The van der Waals surface area contributed by atoms with Gasteiger partial charge in [0, 0.05) is 6.54 Å². The summed E-state index contributed by atoms with van der Waals surface area (Å²) in [6.07, 6.45) is 1.12. The van der Waals surface area contributed by atoms with E-state index in [1.165, 1.54) is 18.7 Å². The maximum Gasteiger partial charge on any atom is 0.329 e. The molecule has 5 nitrogen and oxygen atoms in total. The molecule has 17 heavy (non-hydrogen) atoms. The smallest absolute Gasteiger partial charge is 0.329 e. The van der Waals surface area contributed by atoms with Gasteiger partial charge in [-0.2, -0.15) is 0 Å². The van der Waals surface area contributed by atoms with Gasteiger partial charge in [-0.3, -0.25) is 4.79 Å². The Morgan fingerprint density at radius 1 is 1.41 bits per heavy atom. The van der Waals surface area contributed by atoms with Crippen LogP contribution in [0.5, 0.6) is 0 Å². The summed E-state index contributed by atoms with van der Waals surface area (Å²) in [5, 5.41) is 9.15. The molecular formula is C12H21NO4. The van der Waals surface area contributed by atoms with Crippen molar-refractivity contribution in [1.29, 1.82) is 0 Å². The lowest BCUT2D eigenvalue weighted by molar-refractivity contribution is -0.161. The summed E-state index contributed by atoms with van der Waals surface area (Å²) in [5.41, 5.74) is -1.19. The Bertz CT molecular complexity index is 314. The molecule has 98 valence electrons. The first-order chi connectivity index (χ1) is 7.80. The predicted molar refractivity (Wildman–Crippen MR) is 62.7 cm³/mol. The van der Waals surface area contributed by atoms with Gasteiger partial charge in [-0.25, -0.2) is 4.79 Å². The van der Waals surface area contributed by atoms with Crippen LogP contribution >= 0.6 is 0 Å². The van der Waals surface area contributed by atoms with E-state index in [1.807, 2.05) is 6.92 Å². The van der Waals surface area contributed by atoms with Gasteiger partial charge in [0.1, 0.15) is 11.6 Å². The van der Waals surface area contributed by atoms with E-state index < -0.39 is 17.6 Å². The number of hydrogen-bond acceptors (Lipinski definition) is 3. The number of carboxylic acid groups (broad SMARTS) is 1. The number of likely N-dealkylation sites (N-methyl/N-ethyl adjacent to an activating group) is 1. The average Bonchev–Trinajstić information content (AvgIpc) is 2.65. The Hall–Kier alpha value is -1.10. The molecule has 1 fully saturated rings. The monoisotopic (exact) mass is 243 g/mol. The lowest BCUT2D eigenvalue weighted by Gasteiger charge is -2.35. The third-order valence-corrected chi connectivity index (χ3v) is 3.29. The summed E-state index contributed by atoms with van der Waals surface area (Å²) in [6.45, 7) is 7.14. The fraction of sp³-hybridized carbons (Fsp3) is 0.833.